The number of fused-ring (bicyclic) bond motifs is 1. The van der Waals surface area contributed by atoms with Crippen LogP contribution in [-0.4, -0.2) is 17.4 Å². The number of carbonyl (C=O) groups excluding carboxylic acids is 1. The second-order valence-corrected chi connectivity index (χ2v) is 5.64. The average molecular weight is 304 g/mol. The van der Waals surface area contributed by atoms with Crippen molar-refractivity contribution in [3.05, 3.63) is 65.7 Å². The van der Waals surface area contributed by atoms with Gasteiger partial charge in [0, 0.05) is 17.5 Å². The van der Waals surface area contributed by atoms with E-state index in [1.165, 1.54) is 0 Å². The molecule has 0 aliphatic heterocycles. The molecule has 116 valence electrons. The zero-order chi connectivity index (χ0) is 16.2. The maximum atomic E-state index is 12.5. The maximum absolute atomic E-state index is 12.5. The zero-order valence-corrected chi connectivity index (χ0v) is 13.5. The number of nitrogens with zero attached hydrogens (tertiary/aromatic N) is 1. The van der Waals surface area contributed by atoms with Crippen molar-refractivity contribution in [2.45, 2.75) is 20.3 Å². The second kappa shape index (κ2) is 6.61. The molecule has 0 bridgehead atoms. The molecule has 0 aliphatic rings. The van der Waals surface area contributed by atoms with Crippen molar-refractivity contribution in [1.82, 2.24) is 10.3 Å². The molecule has 3 heteroatoms. The van der Waals surface area contributed by atoms with E-state index in [0.717, 1.165) is 34.1 Å². The smallest absolute Gasteiger partial charge is 0.252 e. The summed E-state index contributed by atoms with van der Waals surface area (Å²) in [6, 6.07) is 17.8. The summed E-state index contributed by atoms with van der Waals surface area (Å²) >= 11 is 0. The monoisotopic (exact) mass is 304 g/mol. The van der Waals surface area contributed by atoms with Crippen molar-refractivity contribution in [3.63, 3.8) is 0 Å². The number of nitrogens with one attached hydrogen (secondary N) is 1. The van der Waals surface area contributed by atoms with Crippen LogP contribution in [0.15, 0.2) is 54.6 Å². The van der Waals surface area contributed by atoms with E-state index in [4.69, 9.17) is 4.98 Å². The van der Waals surface area contributed by atoms with Crippen LogP contribution in [0.1, 0.15) is 29.3 Å². The summed E-state index contributed by atoms with van der Waals surface area (Å²) in [5.74, 6) is -0.0414. The fraction of sp³-hybridized carbons (Fsp3) is 0.200. The summed E-state index contributed by atoms with van der Waals surface area (Å²) in [5.41, 5.74) is 4.57. The van der Waals surface area contributed by atoms with Crippen molar-refractivity contribution >= 4 is 16.8 Å². The lowest BCUT2D eigenvalue weighted by Gasteiger charge is -2.11. The van der Waals surface area contributed by atoms with Gasteiger partial charge in [-0.1, -0.05) is 49.4 Å². The van der Waals surface area contributed by atoms with Crippen LogP contribution in [0.4, 0.5) is 0 Å². The Morgan fingerprint density at radius 2 is 1.83 bits per heavy atom. The molecule has 0 saturated heterocycles. The molecule has 0 aliphatic carbocycles. The van der Waals surface area contributed by atoms with Crippen LogP contribution in [-0.2, 0) is 0 Å². The Labute approximate surface area is 136 Å². The van der Waals surface area contributed by atoms with Gasteiger partial charge in [-0.3, -0.25) is 4.79 Å². The van der Waals surface area contributed by atoms with Gasteiger partial charge in [0.25, 0.3) is 5.91 Å². The number of hydrogen-bond acceptors (Lipinski definition) is 2. The number of para-hydroxylation sites is 1. The van der Waals surface area contributed by atoms with Gasteiger partial charge in [0.1, 0.15) is 0 Å². The molecular formula is C20H20N2O. The Hall–Kier alpha value is -2.68. The van der Waals surface area contributed by atoms with Crippen LogP contribution >= 0.6 is 0 Å². The number of aryl methyl sites for hydroxylation is 1. The Kier molecular flexibility index (Phi) is 4.38. The standard InChI is InChI=1S/C20H20N2O/c1-3-12-21-20(23)17-13-19(15-9-5-4-8-14(15)2)22-18-11-7-6-10-16(17)18/h4-11,13H,3,12H2,1-2H3,(H,21,23). The minimum Gasteiger partial charge on any atom is -0.352 e. The molecule has 0 saturated carbocycles. The predicted molar refractivity (Wildman–Crippen MR) is 94.5 cm³/mol. The largest absolute Gasteiger partial charge is 0.352 e. The summed E-state index contributed by atoms with van der Waals surface area (Å²) in [6.07, 6.45) is 0.916. The number of pyridine rings is 1. The van der Waals surface area contributed by atoms with Gasteiger partial charge in [-0.15, -0.1) is 0 Å². The summed E-state index contributed by atoms with van der Waals surface area (Å²) < 4.78 is 0. The first-order valence-electron chi connectivity index (χ1n) is 7.94. The highest BCUT2D eigenvalue weighted by atomic mass is 16.1. The number of hydrogen-bond donors (Lipinski definition) is 1. The van der Waals surface area contributed by atoms with E-state index in [1.54, 1.807) is 0 Å². The minimum atomic E-state index is -0.0414. The van der Waals surface area contributed by atoms with Crippen molar-refractivity contribution in [1.29, 1.82) is 0 Å². The quantitative estimate of drug-likeness (QED) is 0.778. The molecule has 0 radical (unpaired) electrons. The third kappa shape index (κ3) is 3.09. The third-order valence-electron chi connectivity index (χ3n) is 3.92. The van der Waals surface area contributed by atoms with Gasteiger partial charge in [0.2, 0.25) is 0 Å². The van der Waals surface area contributed by atoms with E-state index in [1.807, 2.05) is 55.5 Å². The molecule has 1 N–H and O–H groups in total. The lowest BCUT2D eigenvalue weighted by Crippen LogP contribution is -2.24. The summed E-state index contributed by atoms with van der Waals surface area (Å²) in [6.45, 7) is 4.78. The third-order valence-corrected chi connectivity index (χ3v) is 3.92. The molecule has 1 heterocycles. The molecule has 0 unspecified atom stereocenters. The predicted octanol–water partition coefficient (Wildman–Crippen LogP) is 4.35. The van der Waals surface area contributed by atoms with E-state index >= 15 is 0 Å². The van der Waals surface area contributed by atoms with Gasteiger partial charge < -0.3 is 5.32 Å². The number of aromatic nitrogens is 1. The Morgan fingerprint density at radius 1 is 1.09 bits per heavy atom. The van der Waals surface area contributed by atoms with Crippen LogP contribution in [0.25, 0.3) is 22.2 Å². The number of carbonyl (C=O) groups is 1. The molecule has 23 heavy (non-hydrogen) atoms. The summed E-state index contributed by atoms with van der Waals surface area (Å²) in [4.78, 5) is 17.3. The summed E-state index contributed by atoms with van der Waals surface area (Å²) in [7, 11) is 0. The molecule has 0 atom stereocenters. The molecule has 1 aromatic heterocycles. The van der Waals surface area contributed by atoms with Crippen LogP contribution in [0.2, 0.25) is 0 Å². The van der Waals surface area contributed by atoms with Crippen molar-refractivity contribution in [2.24, 2.45) is 0 Å². The van der Waals surface area contributed by atoms with Crippen LogP contribution in [0, 0.1) is 6.92 Å². The SMILES string of the molecule is CCCNC(=O)c1cc(-c2ccccc2C)nc2ccccc12. The van der Waals surface area contributed by atoms with Crippen molar-refractivity contribution in [3.8, 4) is 11.3 Å². The highest BCUT2D eigenvalue weighted by Gasteiger charge is 2.14. The first-order chi connectivity index (χ1) is 11.2. The fourth-order valence-corrected chi connectivity index (χ4v) is 2.70. The molecule has 3 rings (SSSR count). The molecule has 1 amide bonds. The van der Waals surface area contributed by atoms with Gasteiger partial charge in [-0.25, -0.2) is 4.98 Å². The zero-order valence-electron chi connectivity index (χ0n) is 13.5. The average Bonchev–Trinajstić information content (AvgIpc) is 2.59. The van der Waals surface area contributed by atoms with Crippen molar-refractivity contribution < 1.29 is 4.79 Å². The number of rotatable bonds is 4. The lowest BCUT2D eigenvalue weighted by atomic mass is 10.0. The van der Waals surface area contributed by atoms with Gasteiger partial charge in [-0.05, 0) is 31.0 Å². The van der Waals surface area contributed by atoms with Gasteiger partial charge in [-0.2, -0.15) is 0 Å². The Morgan fingerprint density at radius 3 is 2.61 bits per heavy atom. The highest BCUT2D eigenvalue weighted by molar-refractivity contribution is 6.07. The number of amides is 1. The topological polar surface area (TPSA) is 42.0 Å². The Bertz CT molecular complexity index is 855. The molecule has 0 fully saturated rings. The molecule has 3 aromatic rings. The molecule has 3 nitrogen and oxygen atoms in total. The molecule has 2 aromatic carbocycles. The molecular weight excluding hydrogens is 284 g/mol. The van der Waals surface area contributed by atoms with Crippen LogP contribution < -0.4 is 5.32 Å². The van der Waals surface area contributed by atoms with E-state index in [9.17, 15) is 4.79 Å². The first kappa shape index (κ1) is 15.2. The fourth-order valence-electron chi connectivity index (χ4n) is 2.70. The maximum Gasteiger partial charge on any atom is 0.252 e. The number of benzene rings is 2. The minimum absolute atomic E-state index is 0.0414. The highest BCUT2D eigenvalue weighted by Crippen LogP contribution is 2.26. The van der Waals surface area contributed by atoms with Crippen molar-refractivity contribution in [2.75, 3.05) is 6.54 Å². The van der Waals surface area contributed by atoms with E-state index in [2.05, 4.69) is 18.3 Å². The van der Waals surface area contributed by atoms with Crippen LogP contribution in [0.3, 0.4) is 0 Å². The first-order valence-corrected chi connectivity index (χ1v) is 7.94. The lowest BCUT2D eigenvalue weighted by molar-refractivity contribution is 0.0955. The van der Waals surface area contributed by atoms with E-state index in [-0.39, 0.29) is 5.91 Å². The van der Waals surface area contributed by atoms with Crippen LogP contribution in [0.5, 0.6) is 0 Å². The summed E-state index contributed by atoms with van der Waals surface area (Å²) in [5, 5.41) is 3.85. The second-order valence-electron chi connectivity index (χ2n) is 5.64. The molecule has 0 spiro atoms. The normalized spacial score (nSPS) is 10.7. The Balaban J connectivity index is 2.18. The van der Waals surface area contributed by atoms with E-state index < -0.39 is 0 Å². The van der Waals surface area contributed by atoms with E-state index in [0.29, 0.717) is 12.1 Å². The van der Waals surface area contributed by atoms with Gasteiger partial charge in [0.05, 0.1) is 16.8 Å². The van der Waals surface area contributed by atoms with Gasteiger partial charge in [0.15, 0.2) is 0 Å². The van der Waals surface area contributed by atoms with Gasteiger partial charge >= 0.3 is 0 Å².